The maximum absolute atomic E-state index is 14.7. The first-order chi connectivity index (χ1) is 8.62. The quantitative estimate of drug-likeness (QED) is 0.746. The molecule has 1 aliphatic carbocycles. The van der Waals surface area contributed by atoms with Gasteiger partial charge in [0.2, 0.25) is 0 Å². The minimum Gasteiger partial charge on any atom is -0.481 e. The normalized spacial score (nSPS) is 35.1. The topological polar surface area (TPSA) is 57.6 Å². The minimum atomic E-state index is -5.11. The predicted octanol–water partition coefficient (Wildman–Crippen LogP) is 1.74. The van der Waals surface area contributed by atoms with Crippen molar-refractivity contribution in [2.24, 2.45) is 5.41 Å². The summed E-state index contributed by atoms with van der Waals surface area (Å²) in [4.78, 5) is 22.8. The van der Waals surface area contributed by atoms with Gasteiger partial charge in [0.15, 0.2) is 0 Å². The lowest BCUT2D eigenvalue weighted by atomic mass is 9.66. The molecule has 1 N–H and O–H groups in total. The molecule has 2 fully saturated rings. The fourth-order valence-electron chi connectivity index (χ4n) is 3.12. The van der Waals surface area contributed by atoms with Crippen LogP contribution in [0.2, 0.25) is 0 Å². The second-order valence-corrected chi connectivity index (χ2v) is 5.22. The standard InChI is InChI=1S/C11H13F4NO3/c12-10-4-2-1-3-9(10,8(18)19)5-16(6-10)7(17)11(13,14)15/h1-6H2,(H,18,19)/t9-,10-/m1/s1. The van der Waals surface area contributed by atoms with Gasteiger partial charge in [-0.3, -0.25) is 9.59 Å². The molecule has 0 unspecified atom stereocenters. The molecule has 8 heteroatoms. The van der Waals surface area contributed by atoms with Crippen molar-refractivity contribution in [2.45, 2.75) is 37.5 Å². The molecule has 2 atom stereocenters. The van der Waals surface area contributed by atoms with Gasteiger partial charge in [-0.05, 0) is 12.8 Å². The first-order valence-corrected chi connectivity index (χ1v) is 5.91. The van der Waals surface area contributed by atoms with Gasteiger partial charge in [-0.25, -0.2) is 4.39 Å². The molecule has 2 aliphatic rings. The number of hydrogen-bond acceptors (Lipinski definition) is 2. The van der Waals surface area contributed by atoms with E-state index in [0.717, 1.165) is 0 Å². The second-order valence-electron chi connectivity index (χ2n) is 5.22. The van der Waals surface area contributed by atoms with Gasteiger partial charge in [0, 0.05) is 6.54 Å². The molecule has 1 heterocycles. The summed E-state index contributed by atoms with van der Waals surface area (Å²) in [7, 11) is 0. The number of alkyl halides is 4. The van der Waals surface area contributed by atoms with Crippen LogP contribution in [0.25, 0.3) is 0 Å². The number of hydrogen-bond donors (Lipinski definition) is 1. The lowest BCUT2D eigenvalue weighted by molar-refractivity contribution is -0.185. The summed E-state index contributed by atoms with van der Waals surface area (Å²) in [6.07, 6.45) is -4.42. The summed E-state index contributed by atoms with van der Waals surface area (Å²) < 4.78 is 51.8. The first kappa shape index (κ1) is 14.1. The van der Waals surface area contributed by atoms with Crippen molar-refractivity contribution in [1.82, 2.24) is 4.90 Å². The third-order valence-corrected chi connectivity index (χ3v) is 4.13. The fourth-order valence-corrected chi connectivity index (χ4v) is 3.12. The van der Waals surface area contributed by atoms with Gasteiger partial charge >= 0.3 is 18.1 Å². The fraction of sp³-hybridized carbons (Fsp3) is 0.818. The Morgan fingerprint density at radius 2 is 1.68 bits per heavy atom. The molecule has 0 aromatic carbocycles. The number of halogens is 4. The number of carboxylic acids is 1. The van der Waals surface area contributed by atoms with E-state index in [1.54, 1.807) is 0 Å². The molecule has 0 spiro atoms. The number of amides is 1. The molecule has 108 valence electrons. The molecule has 1 amide bonds. The Morgan fingerprint density at radius 3 is 2.16 bits per heavy atom. The Balaban J connectivity index is 2.33. The van der Waals surface area contributed by atoms with E-state index in [2.05, 4.69) is 0 Å². The SMILES string of the molecule is O=C(N1C[C@]2(F)CCCC[C@]2(C(=O)O)C1)C(F)(F)F. The van der Waals surface area contributed by atoms with Crippen LogP contribution in [0.1, 0.15) is 25.7 Å². The van der Waals surface area contributed by atoms with Crippen molar-refractivity contribution in [1.29, 1.82) is 0 Å². The van der Waals surface area contributed by atoms with Gasteiger partial charge in [-0.15, -0.1) is 0 Å². The molecule has 0 bridgehead atoms. The van der Waals surface area contributed by atoms with Gasteiger partial charge in [0.05, 0.1) is 6.54 Å². The van der Waals surface area contributed by atoms with Gasteiger partial charge in [-0.2, -0.15) is 13.2 Å². The van der Waals surface area contributed by atoms with Crippen molar-refractivity contribution in [2.75, 3.05) is 13.1 Å². The smallest absolute Gasteiger partial charge is 0.471 e. The highest BCUT2D eigenvalue weighted by atomic mass is 19.4. The average molecular weight is 283 g/mol. The zero-order chi connectivity index (χ0) is 14.5. The lowest BCUT2D eigenvalue weighted by Gasteiger charge is -2.39. The highest BCUT2D eigenvalue weighted by Crippen LogP contribution is 2.52. The minimum absolute atomic E-state index is 0.0412. The molecule has 2 rings (SSSR count). The maximum atomic E-state index is 14.7. The van der Waals surface area contributed by atoms with E-state index >= 15 is 0 Å². The molecular formula is C11H13F4NO3. The summed E-state index contributed by atoms with van der Waals surface area (Å²) in [5, 5.41) is 9.21. The maximum Gasteiger partial charge on any atom is 0.471 e. The van der Waals surface area contributed by atoms with Crippen LogP contribution in [0.3, 0.4) is 0 Å². The molecule has 1 aliphatic heterocycles. The largest absolute Gasteiger partial charge is 0.481 e. The third kappa shape index (κ3) is 1.97. The van der Waals surface area contributed by atoms with Crippen LogP contribution in [-0.2, 0) is 9.59 Å². The van der Waals surface area contributed by atoms with Crippen molar-refractivity contribution < 1.29 is 32.3 Å². The average Bonchev–Trinajstić information content (AvgIpc) is 2.60. The summed E-state index contributed by atoms with van der Waals surface area (Å²) in [5.74, 6) is -3.63. The molecule has 4 nitrogen and oxygen atoms in total. The molecule has 0 aromatic heterocycles. The zero-order valence-electron chi connectivity index (χ0n) is 9.97. The number of fused-ring (bicyclic) bond motifs is 1. The first-order valence-electron chi connectivity index (χ1n) is 5.91. The Morgan fingerprint density at radius 1 is 1.11 bits per heavy atom. The van der Waals surface area contributed by atoms with Crippen molar-refractivity contribution in [3.05, 3.63) is 0 Å². The molecular weight excluding hydrogens is 270 g/mol. The Bertz CT molecular complexity index is 425. The summed E-state index contributed by atoms with van der Waals surface area (Å²) in [6.45, 7) is -1.51. The number of carbonyl (C=O) groups excluding carboxylic acids is 1. The van der Waals surface area contributed by atoms with Gasteiger partial charge in [-0.1, -0.05) is 12.8 Å². The van der Waals surface area contributed by atoms with Crippen molar-refractivity contribution in [3.63, 3.8) is 0 Å². The van der Waals surface area contributed by atoms with E-state index in [0.29, 0.717) is 17.7 Å². The van der Waals surface area contributed by atoms with Gasteiger partial charge in [0.25, 0.3) is 0 Å². The van der Waals surface area contributed by atoms with Crippen LogP contribution in [-0.4, -0.2) is 46.8 Å². The van der Waals surface area contributed by atoms with E-state index in [-0.39, 0.29) is 12.8 Å². The van der Waals surface area contributed by atoms with Crippen LogP contribution in [0.5, 0.6) is 0 Å². The number of carbonyl (C=O) groups is 2. The van der Waals surface area contributed by atoms with Crippen LogP contribution < -0.4 is 0 Å². The number of aliphatic carboxylic acids is 1. The Hall–Kier alpha value is -1.34. The predicted molar refractivity (Wildman–Crippen MR) is 55.0 cm³/mol. The highest BCUT2D eigenvalue weighted by Gasteiger charge is 2.66. The molecule has 1 saturated carbocycles. The van der Waals surface area contributed by atoms with Gasteiger partial charge in [0.1, 0.15) is 11.1 Å². The monoisotopic (exact) mass is 283 g/mol. The number of nitrogens with zero attached hydrogens (tertiary/aromatic N) is 1. The molecule has 1 saturated heterocycles. The highest BCUT2D eigenvalue weighted by molar-refractivity contribution is 5.85. The van der Waals surface area contributed by atoms with Crippen LogP contribution in [0.4, 0.5) is 17.6 Å². The van der Waals surface area contributed by atoms with E-state index < -0.39 is 42.2 Å². The third-order valence-electron chi connectivity index (χ3n) is 4.13. The second kappa shape index (κ2) is 4.08. The molecule has 19 heavy (non-hydrogen) atoms. The summed E-state index contributed by atoms with van der Waals surface area (Å²) >= 11 is 0. The molecule has 0 radical (unpaired) electrons. The van der Waals surface area contributed by atoms with Crippen LogP contribution >= 0.6 is 0 Å². The number of carboxylic acid groups (broad SMARTS) is 1. The Kier molecular flexibility index (Phi) is 3.02. The lowest BCUT2D eigenvalue weighted by Crippen LogP contribution is -2.51. The van der Waals surface area contributed by atoms with Crippen molar-refractivity contribution >= 4 is 11.9 Å². The van der Waals surface area contributed by atoms with E-state index in [1.165, 1.54) is 0 Å². The molecule has 0 aromatic rings. The summed E-state index contributed by atoms with van der Waals surface area (Å²) in [6, 6.07) is 0. The zero-order valence-corrected chi connectivity index (χ0v) is 9.97. The summed E-state index contributed by atoms with van der Waals surface area (Å²) in [5.41, 5.74) is -4.16. The van der Waals surface area contributed by atoms with Crippen molar-refractivity contribution in [3.8, 4) is 0 Å². The van der Waals surface area contributed by atoms with E-state index in [9.17, 15) is 32.3 Å². The van der Waals surface area contributed by atoms with E-state index in [1.807, 2.05) is 0 Å². The van der Waals surface area contributed by atoms with Gasteiger partial charge < -0.3 is 10.0 Å². The number of rotatable bonds is 1. The number of likely N-dealkylation sites (tertiary alicyclic amines) is 1. The van der Waals surface area contributed by atoms with Crippen LogP contribution in [0.15, 0.2) is 0 Å². The Labute approximate surface area is 106 Å². The van der Waals surface area contributed by atoms with Crippen LogP contribution in [0, 0.1) is 5.41 Å². The van der Waals surface area contributed by atoms with E-state index in [4.69, 9.17) is 0 Å².